The molecule has 9 heteroatoms. The number of anilines is 1. The zero-order valence-corrected chi connectivity index (χ0v) is 13.9. The summed E-state index contributed by atoms with van der Waals surface area (Å²) in [4.78, 5) is 41.5. The van der Waals surface area contributed by atoms with Gasteiger partial charge >= 0.3 is 12.2 Å². The first-order chi connectivity index (χ1) is 12.2. The fourth-order valence-electron chi connectivity index (χ4n) is 4.21. The van der Waals surface area contributed by atoms with Gasteiger partial charge in [-0.05, 0) is 24.6 Å². The van der Waals surface area contributed by atoms with Crippen molar-refractivity contribution in [3.05, 3.63) is 29.8 Å². The van der Waals surface area contributed by atoms with E-state index in [1.807, 2.05) is 0 Å². The lowest BCUT2D eigenvalue weighted by Crippen LogP contribution is -2.54. The van der Waals surface area contributed by atoms with Crippen LogP contribution in [0, 0.1) is 0 Å². The highest BCUT2D eigenvalue weighted by Gasteiger charge is 2.62. The second-order valence-electron chi connectivity index (χ2n) is 6.71. The third-order valence-electron chi connectivity index (χ3n) is 5.32. The summed E-state index contributed by atoms with van der Waals surface area (Å²) in [6.45, 7) is 2.09. The van der Waals surface area contributed by atoms with Gasteiger partial charge in [-0.2, -0.15) is 13.2 Å². The Morgan fingerprint density at radius 3 is 2.65 bits per heavy atom. The van der Waals surface area contributed by atoms with Crippen LogP contribution in [-0.4, -0.2) is 52.3 Å². The van der Waals surface area contributed by atoms with Crippen molar-refractivity contribution >= 4 is 23.5 Å². The van der Waals surface area contributed by atoms with E-state index < -0.39 is 35.8 Å². The number of hydrogen-bond acceptors (Lipinski definition) is 3. The number of likely N-dealkylation sites (tertiary alicyclic amines) is 1. The Morgan fingerprint density at radius 1 is 1.27 bits per heavy atom. The lowest BCUT2D eigenvalue weighted by molar-refractivity contribution is -0.138. The Hall–Kier alpha value is -2.58. The molecule has 1 aromatic carbocycles. The molecular formula is C17H16F3N3O3. The first-order valence-electron chi connectivity index (χ1n) is 8.37. The number of carbonyl (C=O) groups is 3. The minimum atomic E-state index is -4.57. The van der Waals surface area contributed by atoms with Crippen molar-refractivity contribution < 1.29 is 27.6 Å². The largest absolute Gasteiger partial charge is 0.416 e. The van der Waals surface area contributed by atoms with Gasteiger partial charge in [-0.15, -0.1) is 0 Å². The number of imide groups is 1. The predicted molar refractivity (Wildman–Crippen MR) is 84.2 cm³/mol. The van der Waals surface area contributed by atoms with Crippen LogP contribution >= 0.6 is 0 Å². The summed E-state index contributed by atoms with van der Waals surface area (Å²) in [7, 11) is 0. The summed E-state index contributed by atoms with van der Waals surface area (Å²) in [6, 6.07) is 2.07. The molecule has 1 aromatic rings. The lowest BCUT2D eigenvalue weighted by Gasteiger charge is -2.34. The molecule has 0 saturated carbocycles. The zero-order chi connectivity index (χ0) is 18.8. The SMILES string of the molecule is CCC(=O)N1CC2CC1[C@@H]1C(=O)N(c3cccc(C(F)(F)F)c3)C(=O)N21. The topological polar surface area (TPSA) is 60.9 Å². The van der Waals surface area contributed by atoms with Gasteiger partial charge in [-0.25, -0.2) is 9.69 Å². The van der Waals surface area contributed by atoms with Crippen LogP contribution in [-0.2, 0) is 15.8 Å². The van der Waals surface area contributed by atoms with E-state index in [2.05, 4.69) is 0 Å². The number of alkyl halides is 3. The number of rotatable bonds is 2. The van der Waals surface area contributed by atoms with Crippen molar-refractivity contribution in [2.45, 2.75) is 44.1 Å². The Bertz CT molecular complexity index is 810. The van der Waals surface area contributed by atoms with Crippen molar-refractivity contribution in [2.75, 3.05) is 11.4 Å². The van der Waals surface area contributed by atoms with Crippen molar-refractivity contribution in [1.29, 1.82) is 0 Å². The van der Waals surface area contributed by atoms with Crippen LogP contribution in [0.15, 0.2) is 24.3 Å². The average Bonchev–Trinajstić information content (AvgIpc) is 3.25. The second-order valence-corrected chi connectivity index (χ2v) is 6.71. The fraction of sp³-hybridized carbons (Fsp3) is 0.471. The normalized spacial score (nSPS) is 27.5. The molecule has 0 N–H and O–H groups in total. The van der Waals surface area contributed by atoms with Crippen LogP contribution in [0.5, 0.6) is 0 Å². The van der Waals surface area contributed by atoms with Crippen LogP contribution in [0.3, 0.4) is 0 Å². The van der Waals surface area contributed by atoms with E-state index in [4.69, 9.17) is 0 Å². The maximum absolute atomic E-state index is 13.0. The van der Waals surface area contributed by atoms with Gasteiger partial charge in [0.2, 0.25) is 5.91 Å². The number of piperazine rings is 1. The summed E-state index contributed by atoms with van der Waals surface area (Å²) in [5.41, 5.74) is -1.02. The molecule has 3 atom stereocenters. The monoisotopic (exact) mass is 367 g/mol. The molecule has 3 aliphatic rings. The molecule has 6 nitrogen and oxygen atoms in total. The molecule has 4 amide bonds. The second kappa shape index (κ2) is 5.46. The summed E-state index contributed by atoms with van der Waals surface area (Å²) < 4.78 is 38.9. The zero-order valence-electron chi connectivity index (χ0n) is 13.9. The molecule has 3 aliphatic heterocycles. The molecule has 3 heterocycles. The van der Waals surface area contributed by atoms with Crippen molar-refractivity contribution in [3.63, 3.8) is 0 Å². The minimum Gasteiger partial charge on any atom is -0.335 e. The molecule has 3 saturated heterocycles. The van der Waals surface area contributed by atoms with Crippen molar-refractivity contribution in [3.8, 4) is 0 Å². The molecule has 3 fully saturated rings. The minimum absolute atomic E-state index is 0.0880. The van der Waals surface area contributed by atoms with Crippen LogP contribution in [0.2, 0.25) is 0 Å². The maximum atomic E-state index is 13.0. The van der Waals surface area contributed by atoms with Crippen LogP contribution in [0.25, 0.3) is 0 Å². The van der Waals surface area contributed by atoms with E-state index in [1.54, 1.807) is 11.8 Å². The molecule has 26 heavy (non-hydrogen) atoms. The molecule has 0 aliphatic carbocycles. The van der Waals surface area contributed by atoms with Gasteiger partial charge < -0.3 is 9.80 Å². The first-order valence-corrected chi connectivity index (χ1v) is 8.37. The van der Waals surface area contributed by atoms with Crippen LogP contribution in [0.1, 0.15) is 25.3 Å². The smallest absolute Gasteiger partial charge is 0.335 e. The van der Waals surface area contributed by atoms with E-state index >= 15 is 0 Å². The third kappa shape index (κ3) is 2.22. The summed E-state index contributed by atoms with van der Waals surface area (Å²) in [5, 5.41) is 0. The number of halogens is 3. The van der Waals surface area contributed by atoms with Gasteiger partial charge in [0.1, 0.15) is 6.04 Å². The van der Waals surface area contributed by atoms with Crippen LogP contribution in [0.4, 0.5) is 23.7 Å². The number of urea groups is 1. The Labute approximate surface area is 147 Å². The van der Waals surface area contributed by atoms with Gasteiger partial charge in [0.15, 0.2) is 0 Å². The Morgan fingerprint density at radius 2 is 2.00 bits per heavy atom. The van der Waals surface area contributed by atoms with Crippen molar-refractivity contribution in [2.24, 2.45) is 0 Å². The van der Waals surface area contributed by atoms with Gasteiger partial charge in [0, 0.05) is 13.0 Å². The molecular weight excluding hydrogens is 351 g/mol. The highest BCUT2D eigenvalue weighted by atomic mass is 19.4. The average molecular weight is 367 g/mol. The van der Waals surface area contributed by atoms with Gasteiger partial charge in [-0.1, -0.05) is 13.0 Å². The van der Waals surface area contributed by atoms with E-state index in [9.17, 15) is 27.6 Å². The fourth-order valence-corrected chi connectivity index (χ4v) is 4.21. The highest BCUT2D eigenvalue weighted by molar-refractivity contribution is 6.22. The van der Waals surface area contributed by atoms with E-state index in [-0.39, 0.29) is 17.6 Å². The molecule has 0 radical (unpaired) electrons. The third-order valence-corrected chi connectivity index (χ3v) is 5.32. The van der Waals surface area contributed by atoms with Crippen molar-refractivity contribution in [1.82, 2.24) is 9.80 Å². The molecule has 0 aromatic heterocycles. The van der Waals surface area contributed by atoms with Gasteiger partial charge in [0.25, 0.3) is 5.91 Å². The standard InChI is InChI=1S/C17H16F3N3O3/c1-2-13(24)21-8-11-7-12(21)14-15(25)23(16(26)22(11)14)10-5-3-4-9(6-10)17(18,19)20/h3-6,11-12,14H,2,7-8H2,1H3/t11?,12?,14-/m1/s1. The Balaban J connectivity index is 1.67. The lowest BCUT2D eigenvalue weighted by atomic mass is 10.1. The number of nitrogens with zero attached hydrogens (tertiary/aromatic N) is 3. The first kappa shape index (κ1) is 16.9. The molecule has 2 unspecified atom stereocenters. The highest BCUT2D eigenvalue weighted by Crippen LogP contribution is 2.43. The molecule has 0 spiro atoms. The summed E-state index contributed by atoms with van der Waals surface area (Å²) in [5.74, 6) is -0.662. The van der Waals surface area contributed by atoms with E-state index in [0.717, 1.165) is 17.0 Å². The molecule has 4 rings (SSSR count). The van der Waals surface area contributed by atoms with Crippen LogP contribution < -0.4 is 4.90 Å². The predicted octanol–water partition coefficient (Wildman–Crippen LogP) is 2.24. The number of amides is 4. The van der Waals surface area contributed by atoms with Gasteiger partial charge in [-0.3, -0.25) is 9.59 Å². The number of fused-ring (bicyclic) bond motifs is 5. The molecule has 2 bridgehead atoms. The Kier molecular flexibility index (Phi) is 3.54. The maximum Gasteiger partial charge on any atom is 0.416 e. The molecule has 138 valence electrons. The van der Waals surface area contributed by atoms with E-state index in [0.29, 0.717) is 19.4 Å². The number of hydrogen-bond donors (Lipinski definition) is 0. The quantitative estimate of drug-likeness (QED) is 0.754. The number of carbonyl (C=O) groups excluding carboxylic acids is 3. The summed E-state index contributed by atoms with van der Waals surface area (Å²) in [6.07, 6.45) is -3.74. The van der Waals surface area contributed by atoms with E-state index in [1.165, 1.54) is 17.0 Å². The number of benzene rings is 1. The van der Waals surface area contributed by atoms with Gasteiger partial charge in [0.05, 0.1) is 23.3 Å². The summed E-state index contributed by atoms with van der Waals surface area (Å²) >= 11 is 0.